The highest BCUT2D eigenvalue weighted by atomic mass is 16.6. The van der Waals surface area contributed by atoms with Crippen molar-refractivity contribution < 1.29 is 14.5 Å². The number of carbonyl (C=O) groups excluding carboxylic acids is 2. The van der Waals surface area contributed by atoms with Gasteiger partial charge >= 0.3 is 0 Å². The maximum atomic E-state index is 12.2. The van der Waals surface area contributed by atoms with Crippen molar-refractivity contribution in [3.05, 3.63) is 69.3 Å². The molecule has 22 heavy (non-hydrogen) atoms. The Balaban J connectivity index is 2.29. The summed E-state index contributed by atoms with van der Waals surface area (Å²) in [5.74, 6) is -1.13. The van der Waals surface area contributed by atoms with Crippen LogP contribution in [0.2, 0.25) is 0 Å². The molecular formula is C15H13N3O4. The number of hydrogen-bond acceptors (Lipinski definition) is 4. The van der Waals surface area contributed by atoms with Crippen molar-refractivity contribution in [1.82, 2.24) is 0 Å². The highest BCUT2D eigenvalue weighted by Crippen LogP contribution is 2.21. The van der Waals surface area contributed by atoms with E-state index in [-0.39, 0.29) is 16.8 Å². The number of anilines is 1. The third-order valence-corrected chi connectivity index (χ3v) is 3.12. The van der Waals surface area contributed by atoms with Gasteiger partial charge in [0.05, 0.1) is 16.2 Å². The van der Waals surface area contributed by atoms with Gasteiger partial charge in [0.25, 0.3) is 17.5 Å². The van der Waals surface area contributed by atoms with E-state index in [0.717, 1.165) is 0 Å². The second kappa shape index (κ2) is 6.04. The van der Waals surface area contributed by atoms with E-state index >= 15 is 0 Å². The minimum Gasteiger partial charge on any atom is -0.366 e. The van der Waals surface area contributed by atoms with Crippen LogP contribution in [-0.2, 0) is 0 Å². The number of amides is 2. The number of benzene rings is 2. The van der Waals surface area contributed by atoms with E-state index in [1.165, 1.54) is 30.3 Å². The highest BCUT2D eigenvalue weighted by molar-refractivity contribution is 6.09. The maximum absolute atomic E-state index is 12.2. The van der Waals surface area contributed by atoms with E-state index in [4.69, 9.17) is 5.73 Å². The molecule has 7 heteroatoms. The molecule has 0 aromatic heterocycles. The molecule has 0 radical (unpaired) electrons. The van der Waals surface area contributed by atoms with E-state index in [0.29, 0.717) is 11.3 Å². The van der Waals surface area contributed by atoms with Crippen LogP contribution in [0.3, 0.4) is 0 Å². The summed E-state index contributed by atoms with van der Waals surface area (Å²) < 4.78 is 0. The van der Waals surface area contributed by atoms with Gasteiger partial charge in [0.1, 0.15) is 0 Å². The molecule has 0 aliphatic rings. The van der Waals surface area contributed by atoms with Gasteiger partial charge in [-0.25, -0.2) is 0 Å². The van der Waals surface area contributed by atoms with E-state index < -0.39 is 16.7 Å². The fourth-order valence-corrected chi connectivity index (χ4v) is 1.96. The van der Waals surface area contributed by atoms with Gasteiger partial charge in [0, 0.05) is 17.7 Å². The Morgan fingerprint density at radius 3 is 2.32 bits per heavy atom. The van der Waals surface area contributed by atoms with Crippen molar-refractivity contribution in [1.29, 1.82) is 0 Å². The lowest BCUT2D eigenvalue weighted by molar-refractivity contribution is -0.384. The van der Waals surface area contributed by atoms with Crippen molar-refractivity contribution in [2.45, 2.75) is 6.92 Å². The first-order chi connectivity index (χ1) is 10.4. The Labute approximate surface area is 125 Å². The summed E-state index contributed by atoms with van der Waals surface area (Å²) in [7, 11) is 0. The number of aryl methyl sites for hydroxylation is 1. The van der Waals surface area contributed by atoms with E-state index in [2.05, 4.69) is 5.32 Å². The number of nitro groups is 1. The molecular weight excluding hydrogens is 286 g/mol. The summed E-state index contributed by atoms with van der Waals surface area (Å²) in [5.41, 5.74) is 6.64. The summed E-state index contributed by atoms with van der Waals surface area (Å²) in [6.45, 7) is 1.73. The molecule has 0 atom stereocenters. The minimum absolute atomic E-state index is 0.106. The first-order valence-corrected chi connectivity index (χ1v) is 6.35. The van der Waals surface area contributed by atoms with Crippen LogP contribution in [0.15, 0.2) is 42.5 Å². The van der Waals surface area contributed by atoms with Gasteiger partial charge in [-0.3, -0.25) is 19.7 Å². The predicted octanol–water partition coefficient (Wildman–Crippen LogP) is 2.25. The highest BCUT2D eigenvalue weighted by Gasteiger charge is 2.15. The first kappa shape index (κ1) is 15.2. The summed E-state index contributed by atoms with van der Waals surface area (Å²) in [5, 5.41) is 13.2. The lowest BCUT2D eigenvalue weighted by Gasteiger charge is -2.12. The molecule has 0 saturated carbocycles. The molecule has 0 heterocycles. The first-order valence-electron chi connectivity index (χ1n) is 6.35. The average molecular weight is 299 g/mol. The molecule has 3 N–H and O–H groups in total. The third kappa shape index (κ3) is 3.09. The molecule has 0 aliphatic carbocycles. The monoisotopic (exact) mass is 299 g/mol. The van der Waals surface area contributed by atoms with Crippen molar-refractivity contribution in [2.24, 2.45) is 5.73 Å². The standard InChI is InChI=1S/C15H13N3O4/c1-9-3-2-4-12(14(16)19)13(9)17-15(20)10-5-7-11(8-6-10)18(21)22/h2-8H,1H3,(H2,16,19)(H,17,20). The Hall–Kier alpha value is -3.22. The number of nitro benzene ring substituents is 1. The largest absolute Gasteiger partial charge is 0.366 e. The molecule has 0 bridgehead atoms. The lowest BCUT2D eigenvalue weighted by Crippen LogP contribution is -2.19. The Bertz CT molecular complexity index is 754. The van der Waals surface area contributed by atoms with Gasteiger partial charge in [-0.05, 0) is 30.7 Å². The number of nitrogens with two attached hydrogens (primary N) is 1. The molecule has 112 valence electrons. The maximum Gasteiger partial charge on any atom is 0.269 e. The number of nitrogens with zero attached hydrogens (tertiary/aromatic N) is 1. The SMILES string of the molecule is Cc1cccc(C(N)=O)c1NC(=O)c1ccc([N+](=O)[O-])cc1. The predicted molar refractivity (Wildman–Crippen MR) is 80.7 cm³/mol. The molecule has 0 spiro atoms. The summed E-state index contributed by atoms with van der Waals surface area (Å²) in [6.07, 6.45) is 0. The molecule has 0 unspecified atom stereocenters. The van der Waals surface area contributed by atoms with Crippen LogP contribution in [0.1, 0.15) is 26.3 Å². The van der Waals surface area contributed by atoms with E-state index in [9.17, 15) is 19.7 Å². The molecule has 2 amide bonds. The van der Waals surface area contributed by atoms with Crippen molar-refractivity contribution in [3.8, 4) is 0 Å². The van der Waals surface area contributed by atoms with Crippen molar-refractivity contribution in [2.75, 3.05) is 5.32 Å². The fraction of sp³-hybridized carbons (Fsp3) is 0.0667. The lowest BCUT2D eigenvalue weighted by atomic mass is 10.1. The van der Waals surface area contributed by atoms with Gasteiger partial charge < -0.3 is 11.1 Å². The topological polar surface area (TPSA) is 115 Å². The summed E-state index contributed by atoms with van der Waals surface area (Å²) >= 11 is 0. The van der Waals surface area contributed by atoms with Crippen LogP contribution in [0.5, 0.6) is 0 Å². The van der Waals surface area contributed by atoms with Crippen LogP contribution in [0.4, 0.5) is 11.4 Å². The van der Waals surface area contributed by atoms with Gasteiger partial charge in [0.15, 0.2) is 0 Å². The molecule has 7 nitrogen and oxygen atoms in total. The summed E-state index contributed by atoms with van der Waals surface area (Å²) in [6, 6.07) is 10.1. The zero-order chi connectivity index (χ0) is 16.3. The van der Waals surface area contributed by atoms with Gasteiger partial charge in [-0.2, -0.15) is 0 Å². The number of rotatable bonds is 4. The minimum atomic E-state index is -0.650. The van der Waals surface area contributed by atoms with Crippen LogP contribution in [-0.4, -0.2) is 16.7 Å². The number of carbonyl (C=O) groups is 2. The molecule has 2 rings (SSSR count). The summed E-state index contributed by atoms with van der Waals surface area (Å²) in [4.78, 5) is 33.6. The molecule has 2 aromatic rings. The molecule has 0 fully saturated rings. The average Bonchev–Trinajstić information content (AvgIpc) is 2.49. The Morgan fingerprint density at radius 2 is 1.77 bits per heavy atom. The van der Waals surface area contributed by atoms with Crippen LogP contribution < -0.4 is 11.1 Å². The molecule has 0 saturated heterocycles. The number of hydrogen-bond donors (Lipinski definition) is 2. The Morgan fingerprint density at radius 1 is 1.14 bits per heavy atom. The fourth-order valence-electron chi connectivity index (χ4n) is 1.96. The normalized spacial score (nSPS) is 10.0. The third-order valence-electron chi connectivity index (χ3n) is 3.12. The molecule has 2 aromatic carbocycles. The van der Waals surface area contributed by atoms with Gasteiger partial charge in [-0.15, -0.1) is 0 Å². The number of para-hydroxylation sites is 1. The number of non-ortho nitro benzene ring substituents is 1. The second-order valence-electron chi connectivity index (χ2n) is 4.62. The van der Waals surface area contributed by atoms with Gasteiger partial charge in [-0.1, -0.05) is 12.1 Å². The van der Waals surface area contributed by atoms with E-state index in [1.807, 2.05) is 0 Å². The van der Waals surface area contributed by atoms with Crippen molar-refractivity contribution in [3.63, 3.8) is 0 Å². The number of nitrogens with one attached hydrogen (secondary N) is 1. The second-order valence-corrected chi connectivity index (χ2v) is 4.62. The quantitative estimate of drug-likeness (QED) is 0.665. The van der Waals surface area contributed by atoms with Crippen molar-refractivity contribution >= 4 is 23.2 Å². The smallest absolute Gasteiger partial charge is 0.269 e. The van der Waals surface area contributed by atoms with Gasteiger partial charge in [0.2, 0.25) is 0 Å². The molecule has 0 aliphatic heterocycles. The number of primary amides is 1. The van der Waals surface area contributed by atoms with Crippen LogP contribution in [0, 0.1) is 17.0 Å². The zero-order valence-corrected chi connectivity index (χ0v) is 11.7. The van der Waals surface area contributed by atoms with Crippen LogP contribution >= 0.6 is 0 Å². The Kier molecular flexibility index (Phi) is 4.17. The van der Waals surface area contributed by atoms with E-state index in [1.54, 1.807) is 19.1 Å². The zero-order valence-electron chi connectivity index (χ0n) is 11.7. The van der Waals surface area contributed by atoms with Crippen LogP contribution in [0.25, 0.3) is 0 Å².